The molecular formula is C15H20N2O4S. The molecule has 0 radical (unpaired) electrons. The average molecular weight is 324 g/mol. The molecule has 1 unspecified atom stereocenters. The van der Waals surface area contributed by atoms with Crippen LogP contribution in [0.1, 0.15) is 35.7 Å². The van der Waals surface area contributed by atoms with Crippen molar-refractivity contribution < 1.29 is 18.0 Å². The summed E-state index contributed by atoms with van der Waals surface area (Å²) in [5.41, 5.74) is 6.26. The first-order valence-corrected chi connectivity index (χ1v) is 9.10. The summed E-state index contributed by atoms with van der Waals surface area (Å²) in [6, 6.07) is 7.12. The van der Waals surface area contributed by atoms with Crippen molar-refractivity contribution in [3.63, 3.8) is 0 Å². The maximum absolute atomic E-state index is 11.9. The van der Waals surface area contributed by atoms with Crippen molar-refractivity contribution in [2.24, 2.45) is 5.92 Å². The van der Waals surface area contributed by atoms with E-state index in [0.29, 0.717) is 12.0 Å². The number of nitrogens with one attached hydrogen (secondary N) is 2. The molecule has 1 aliphatic heterocycles. The lowest BCUT2D eigenvalue weighted by molar-refractivity contribution is -0.122. The summed E-state index contributed by atoms with van der Waals surface area (Å²) in [6.07, 6.45) is 1.50. The molecule has 0 aliphatic carbocycles. The first-order valence-electron chi connectivity index (χ1n) is 7.28. The molecule has 0 bridgehead atoms. The number of hydrogen-bond acceptors (Lipinski definition) is 4. The van der Waals surface area contributed by atoms with Crippen LogP contribution in [0, 0.1) is 5.92 Å². The van der Waals surface area contributed by atoms with Crippen LogP contribution in [0.4, 0.5) is 0 Å². The summed E-state index contributed by atoms with van der Waals surface area (Å²) in [5, 5.41) is 0. The van der Waals surface area contributed by atoms with E-state index in [1.165, 1.54) is 0 Å². The zero-order valence-electron chi connectivity index (χ0n) is 12.5. The molecule has 120 valence electrons. The van der Waals surface area contributed by atoms with Gasteiger partial charge in [0, 0.05) is 12.0 Å². The van der Waals surface area contributed by atoms with E-state index >= 15 is 0 Å². The second kappa shape index (κ2) is 6.91. The van der Waals surface area contributed by atoms with Gasteiger partial charge in [-0.25, -0.2) is 8.42 Å². The lowest BCUT2D eigenvalue weighted by Gasteiger charge is -2.10. The van der Waals surface area contributed by atoms with E-state index in [2.05, 4.69) is 10.9 Å². The Balaban J connectivity index is 1.79. The molecule has 0 saturated carbocycles. The average Bonchev–Trinajstić information content (AvgIpc) is 2.83. The van der Waals surface area contributed by atoms with Gasteiger partial charge in [-0.05, 0) is 36.5 Å². The summed E-state index contributed by atoms with van der Waals surface area (Å²) in [7, 11) is -2.99. The minimum absolute atomic E-state index is 0.0485. The van der Waals surface area contributed by atoms with Gasteiger partial charge >= 0.3 is 0 Å². The molecule has 22 heavy (non-hydrogen) atoms. The van der Waals surface area contributed by atoms with Gasteiger partial charge in [0.05, 0.1) is 11.5 Å². The summed E-state index contributed by atoms with van der Waals surface area (Å²) in [4.78, 5) is 23.6. The van der Waals surface area contributed by atoms with Gasteiger partial charge in [-0.2, -0.15) is 0 Å². The molecule has 2 rings (SSSR count). The van der Waals surface area contributed by atoms with Crippen LogP contribution in [0.5, 0.6) is 0 Å². The monoisotopic (exact) mass is 324 g/mol. The minimum Gasteiger partial charge on any atom is -0.273 e. The van der Waals surface area contributed by atoms with Crippen molar-refractivity contribution in [3.05, 3.63) is 35.4 Å². The molecule has 1 aromatic rings. The Morgan fingerprint density at radius 3 is 2.41 bits per heavy atom. The molecule has 1 aromatic carbocycles. The van der Waals surface area contributed by atoms with E-state index in [0.717, 1.165) is 12.0 Å². The second-order valence-corrected chi connectivity index (χ2v) is 7.75. The van der Waals surface area contributed by atoms with Gasteiger partial charge < -0.3 is 0 Å². The summed E-state index contributed by atoms with van der Waals surface area (Å²) in [6.45, 7) is 2.03. The van der Waals surface area contributed by atoms with Crippen LogP contribution in [-0.4, -0.2) is 31.7 Å². The van der Waals surface area contributed by atoms with Gasteiger partial charge in [0.25, 0.3) is 5.91 Å². The van der Waals surface area contributed by atoms with Gasteiger partial charge in [0.1, 0.15) is 0 Å². The third kappa shape index (κ3) is 4.56. The predicted molar refractivity (Wildman–Crippen MR) is 82.8 cm³/mol. The van der Waals surface area contributed by atoms with E-state index in [1.807, 2.05) is 19.1 Å². The van der Waals surface area contributed by atoms with Crippen LogP contribution in [-0.2, 0) is 21.1 Å². The maximum atomic E-state index is 11.9. The van der Waals surface area contributed by atoms with Crippen LogP contribution in [0.3, 0.4) is 0 Å². The molecule has 1 aliphatic rings. The summed E-state index contributed by atoms with van der Waals surface area (Å²) < 4.78 is 22.6. The first kappa shape index (κ1) is 16.5. The Bertz CT molecular complexity index is 653. The Kier molecular flexibility index (Phi) is 5.18. The van der Waals surface area contributed by atoms with Crippen LogP contribution in [0.2, 0.25) is 0 Å². The molecule has 2 amide bonds. The predicted octanol–water partition coefficient (Wildman–Crippen LogP) is 0.835. The smallest absolute Gasteiger partial charge is 0.269 e. The number of amides is 2. The fourth-order valence-electron chi connectivity index (χ4n) is 2.44. The number of benzene rings is 1. The molecule has 1 heterocycles. The third-order valence-electron chi connectivity index (χ3n) is 3.74. The van der Waals surface area contributed by atoms with Crippen molar-refractivity contribution in [2.75, 3.05) is 11.5 Å². The number of aryl methyl sites for hydroxylation is 1. The first-order chi connectivity index (χ1) is 10.4. The zero-order valence-corrected chi connectivity index (χ0v) is 13.3. The van der Waals surface area contributed by atoms with Crippen molar-refractivity contribution in [1.29, 1.82) is 0 Å². The van der Waals surface area contributed by atoms with Crippen LogP contribution in [0.15, 0.2) is 24.3 Å². The van der Waals surface area contributed by atoms with Gasteiger partial charge in [0.15, 0.2) is 9.84 Å². The van der Waals surface area contributed by atoms with E-state index in [9.17, 15) is 18.0 Å². The van der Waals surface area contributed by atoms with Crippen LogP contribution in [0.25, 0.3) is 0 Å². The topological polar surface area (TPSA) is 92.3 Å². The quantitative estimate of drug-likeness (QED) is 0.803. The molecule has 6 nitrogen and oxygen atoms in total. The highest BCUT2D eigenvalue weighted by Gasteiger charge is 2.29. The Morgan fingerprint density at radius 2 is 1.86 bits per heavy atom. The lowest BCUT2D eigenvalue weighted by atomic mass is 10.1. The largest absolute Gasteiger partial charge is 0.273 e. The second-order valence-electron chi connectivity index (χ2n) is 5.53. The fourth-order valence-corrected chi connectivity index (χ4v) is 4.30. The van der Waals surface area contributed by atoms with Crippen molar-refractivity contribution >= 4 is 21.7 Å². The van der Waals surface area contributed by atoms with Gasteiger partial charge in [-0.1, -0.05) is 19.1 Å². The van der Waals surface area contributed by atoms with Gasteiger partial charge in [0.2, 0.25) is 5.91 Å². The number of sulfone groups is 1. The normalized spacial score (nSPS) is 19.6. The molecule has 1 fully saturated rings. The third-order valence-corrected chi connectivity index (χ3v) is 5.58. The number of carbonyl (C=O) groups excluding carboxylic acids is 2. The molecule has 0 aromatic heterocycles. The number of carbonyl (C=O) groups is 2. The molecule has 7 heteroatoms. The Morgan fingerprint density at radius 1 is 1.18 bits per heavy atom. The summed E-state index contributed by atoms with van der Waals surface area (Å²) in [5.74, 6) is -0.741. The maximum Gasteiger partial charge on any atom is 0.269 e. The van der Waals surface area contributed by atoms with E-state index in [-0.39, 0.29) is 29.8 Å². The minimum atomic E-state index is -2.99. The summed E-state index contributed by atoms with van der Waals surface area (Å²) >= 11 is 0. The standard InChI is InChI=1S/C15H20N2O4S/c1-2-11-3-5-13(6-4-11)15(19)17-16-14(18)9-12-7-8-22(20,21)10-12/h3-6,12H,2,7-10H2,1H3,(H,16,18)(H,17,19). The van der Waals surface area contributed by atoms with Gasteiger partial charge in [-0.15, -0.1) is 0 Å². The number of rotatable bonds is 4. The van der Waals surface area contributed by atoms with Crippen LogP contribution >= 0.6 is 0 Å². The molecule has 1 atom stereocenters. The molecule has 2 N–H and O–H groups in total. The van der Waals surface area contributed by atoms with E-state index < -0.39 is 15.7 Å². The number of hydrogen-bond donors (Lipinski definition) is 2. The lowest BCUT2D eigenvalue weighted by Crippen LogP contribution is -2.42. The highest BCUT2D eigenvalue weighted by molar-refractivity contribution is 7.91. The number of hydrazine groups is 1. The van der Waals surface area contributed by atoms with Crippen molar-refractivity contribution in [1.82, 2.24) is 10.9 Å². The zero-order chi connectivity index (χ0) is 16.2. The van der Waals surface area contributed by atoms with Crippen molar-refractivity contribution in [3.8, 4) is 0 Å². The highest BCUT2D eigenvalue weighted by atomic mass is 32.2. The van der Waals surface area contributed by atoms with Crippen LogP contribution < -0.4 is 10.9 Å². The van der Waals surface area contributed by atoms with E-state index in [4.69, 9.17) is 0 Å². The highest BCUT2D eigenvalue weighted by Crippen LogP contribution is 2.21. The Labute approximate surface area is 130 Å². The fraction of sp³-hybridized carbons (Fsp3) is 0.467. The molecule has 0 spiro atoms. The van der Waals surface area contributed by atoms with E-state index in [1.54, 1.807) is 12.1 Å². The van der Waals surface area contributed by atoms with Gasteiger partial charge in [-0.3, -0.25) is 20.4 Å². The van der Waals surface area contributed by atoms with Crippen molar-refractivity contribution in [2.45, 2.75) is 26.2 Å². The Hall–Kier alpha value is -1.89. The SMILES string of the molecule is CCc1ccc(C(=O)NNC(=O)CC2CCS(=O)(=O)C2)cc1. The molecule has 1 saturated heterocycles. The molecular weight excluding hydrogens is 304 g/mol.